The number of sulfonamides is 1. The van der Waals surface area contributed by atoms with E-state index in [1.165, 1.54) is 0 Å². The molecule has 0 aliphatic carbocycles. The van der Waals surface area contributed by atoms with E-state index in [0.717, 1.165) is 5.51 Å². The second-order valence-corrected chi connectivity index (χ2v) is 7.30. The predicted octanol–water partition coefficient (Wildman–Crippen LogP) is -0.341. The lowest BCUT2D eigenvalue weighted by molar-refractivity contribution is -0.0228. The highest BCUT2D eigenvalue weighted by atomic mass is 32.2. The molecule has 20 heavy (non-hydrogen) atoms. The van der Waals surface area contributed by atoms with Crippen molar-refractivity contribution in [2.75, 3.05) is 13.2 Å². The molecule has 1 fully saturated rings. The number of aromatic nitrogens is 1. The Labute approximate surface area is 119 Å². The molecular formula is C10H14N2O6S2. The Morgan fingerprint density at radius 1 is 1.70 bits per heavy atom. The normalized spacial score (nSPS) is 26.8. The number of nitrogens with zero attached hydrogens (tertiary/aromatic N) is 1. The van der Waals surface area contributed by atoms with Crippen molar-refractivity contribution in [2.24, 2.45) is 0 Å². The minimum absolute atomic E-state index is 0.243. The maximum absolute atomic E-state index is 12.1. The summed E-state index contributed by atoms with van der Waals surface area (Å²) in [4.78, 5) is 14.4. The number of carboxylic acid groups (broad SMARTS) is 1. The molecule has 0 radical (unpaired) electrons. The molecule has 0 bridgehead atoms. The largest absolute Gasteiger partial charge is 0.476 e. The summed E-state index contributed by atoms with van der Waals surface area (Å²) >= 11 is 0.712. The monoisotopic (exact) mass is 322 g/mol. The molecule has 10 heteroatoms. The third-order valence-electron chi connectivity index (χ3n) is 3.21. The second-order valence-electron chi connectivity index (χ2n) is 4.48. The van der Waals surface area contributed by atoms with Crippen LogP contribution in [0.5, 0.6) is 0 Å². The van der Waals surface area contributed by atoms with Crippen molar-refractivity contribution in [2.45, 2.75) is 29.3 Å². The second kappa shape index (κ2) is 5.37. The lowest BCUT2D eigenvalue weighted by atomic mass is 9.97. The number of thiazole rings is 1. The fraction of sp³-hybridized carbons (Fsp3) is 0.600. The van der Waals surface area contributed by atoms with Gasteiger partial charge in [-0.05, 0) is 6.92 Å². The molecule has 2 atom stereocenters. The van der Waals surface area contributed by atoms with Gasteiger partial charge < -0.3 is 14.9 Å². The quantitative estimate of drug-likeness (QED) is 0.677. The van der Waals surface area contributed by atoms with Crippen LogP contribution in [-0.4, -0.2) is 54.4 Å². The van der Waals surface area contributed by atoms with Crippen molar-refractivity contribution in [3.05, 3.63) is 11.2 Å². The van der Waals surface area contributed by atoms with Crippen LogP contribution < -0.4 is 4.72 Å². The molecule has 2 heterocycles. The number of ether oxygens (including phenoxy) is 1. The van der Waals surface area contributed by atoms with Crippen LogP contribution in [0, 0.1) is 0 Å². The van der Waals surface area contributed by atoms with E-state index in [4.69, 9.17) is 9.84 Å². The first kappa shape index (κ1) is 15.3. The van der Waals surface area contributed by atoms with Gasteiger partial charge in [0.1, 0.15) is 5.60 Å². The Morgan fingerprint density at radius 2 is 2.40 bits per heavy atom. The molecule has 1 aromatic heterocycles. The zero-order valence-electron chi connectivity index (χ0n) is 10.6. The first-order valence-electron chi connectivity index (χ1n) is 5.77. The average molecular weight is 322 g/mol. The number of carboxylic acids is 1. The van der Waals surface area contributed by atoms with E-state index in [9.17, 15) is 18.3 Å². The first-order valence-corrected chi connectivity index (χ1v) is 8.13. The van der Waals surface area contributed by atoms with Crippen LogP contribution in [0.15, 0.2) is 9.72 Å². The minimum atomic E-state index is -4.03. The van der Waals surface area contributed by atoms with Gasteiger partial charge in [-0.25, -0.2) is 22.9 Å². The van der Waals surface area contributed by atoms with Crippen LogP contribution in [0.2, 0.25) is 0 Å². The SMILES string of the molecule is CC1OCCC1(O)CNS(=O)(=O)c1scnc1C(=O)O. The number of hydrogen-bond acceptors (Lipinski definition) is 7. The number of aliphatic hydroxyl groups is 1. The van der Waals surface area contributed by atoms with Gasteiger partial charge in [0.05, 0.1) is 11.6 Å². The van der Waals surface area contributed by atoms with E-state index in [1.807, 2.05) is 0 Å². The van der Waals surface area contributed by atoms with E-state index in [2.05, 4.69) is 9.71 Å². The fourth-order valence-corrected chi connectivity index (χ4v) is 4.14. The lowest BCUT2D eigenvalue weighted by Crippen LogP contribution is -2.47. The highest BCUT2D eigenvalue weighted by Gasteiger charge is 2.40. The van der Waals surface area contributed by atoms with Crippen molar-refractivity contribution < 1.29 is 28.2 Å². The molecule has 0 aromatic carbocycles. The summed E-state index contributed by atoms with van der Waals surface area (Å²) in [5.74, 6) is -1.41. The van der Waals surface area contributed by atoms with Crippen molar-refractivity contribution in [3.63, 3.8) is 0 Å². The van der Waals surface area contributed by atoms with Gasteiger partial charge in [-0.1, -0.05) is 0 Å². The van der Waals surface area contributed by atoms with Crippen molar-refractivity contribution in [3.8, 4) is 0 Å². The Bertz CT molecular complexity index is 613. The van der Waals surface area contributed by atoms with Crippen LogP contribution in [0.3, 0.4) is 0 Å². The van der Waals surface area contributed by atoms with E-state index in [-0.39, 0.29) is 10.8 Å². The van der Waals surface area contributed by atoms with Gasteiger partial charge in [0.2, 0.25) is 0 Å². The molecular weight excluding hydrogens is 308 g/mol. The average Bonchev–Trinajstić information content (AvgIpc) is 2.96. The third-order valence-corrected chi connectivity index (χ3v) is 5.98. The summed E-state index contributed by atoms with van der Waals surface area (Å²) in [5, 5.41) is 19.1. The molecule has 2 rings (SSSR count). The molecule has 1 aliphatic heterocycles. The molecule has 1 aromatic rings. The third kappa shape index (κ3) is 2.83. The van der Waals surface area contributed by atoms with Gasteiger partial charge in [-0.3, -0.25) is 0 Å². The molecule has 0 amide bonds. The standard InChI is InChI=1S/C10H14N2O6S2/c1-6-10(15,2-3-18-6)4-12-20(16,17)9-7(8(13)14)11-5-19-9/h5-6,12,15H,2-4H2,1H3,(H,13,14). The number of aromatic carboxylic acids is 1. The van der Waals surface area contributed by atoms with Gasteiger partial charge in [0.25, 0.3) is 10.0 Å². The molecule has 112 valence electrons. The highest BCUT2D eigenvalue weighted by Crippen LogP contribution is 2.26. The molecule has 3 N–H and O–H groups in total. The van der Waals surface area contributed by atoms with Gasteiger partial charge >= 0.3 is 5.97 Å². The number of carbonyl (C=O) groups is 1. The van der Waals surface area contributed by atoms with Crippen molar-refractivity contribution in [1.29, 1.82) is 0 Å². The van der Waals surface area contributed by atoms with E-state index in [1.54, 1.807) is 6.92 Å². The van der Waals surface area contributed by atoms with Crippen LogP contribution in [0.1, 0.15) is 23.8 Å². The van der Waals surface area contributed by atoms with E-state index in [0.29, 0.717) is 24.4 Å². The van der Waals surface area contributed by atoms with Crippen LogP contribution in [0.25, 0.3) is 0 Å². The Kier molecular flexibility index (Phi) is 4.12. The minimum Gasteiger partial charge on any atom is -0.476 e. The zero-order valence-corrected chi connectivity index (χ0v) is 12.2. The number of hydrogen-bond donors (Lipinski definition) is 3. The molecule has 0 saturated carbocycles. The van der Waals surface area contributed by atoms with E-state index < -0.39 is 33.4 Å². The van der Waals surface area contributed by atoms with Crippen molar-refractivity contribution >= 4 is 27.3 Å². The highest BCUT2D eigenvalue weighted by molar-refractivity contribution is 7.91. The van der Waals surface area contributed by atoms with Crippen LogP contribution in [-0.2, 0) is 14.8 Å². The maximum Gasteiger partial charge on any atom is 0.356 e. The van der Waals surface area contributed by atoms with Crippen LogP contribution in [0.4, 0.5) is 0 Å². The Hall–Kier alpha value is -1.07. The molecule has 0 spiro atoms. The topological polar surface area (TPSA) is 126 Å². The summed E-state index contributed by atoms with van der Waals surface area (Å²) in [6, 6.07) is 0. The smallest absolute Gasteiger partial charge is 0.356 e. The molecule has 2 unspecified atom stereocenters. The molecule has 1 saturated heterocycles. The summed E-state index contributed by atoms with van der Waals surface area (Å²) < 4.78 is 31.2. The van der Waals surface area contributed by atoms with Crippen LogP contribution >= 0.6 is 11.3 Å². The fourth-order valence-electron chi connectivity index (χ4n) is 1.86. The first-order chi connectivity index (χ1) is 9.26. The zero-order chi connectivity index (χ0) is 15.0. The summed E-state index contributed by atoms with van der Waals surface area (Å²) in [6.45, 7) is 1.75. The Morgan fingerprint density at radius 3 is 2.95 bits per heavy atom. The Balaban J connectivity index is 2.16. The molecule has 8 nitrogen and oxygen atoms in total. The van der Waals surface area contributed by atoms with Gasteiger partial charge in [-0.2, -0.15) is 0 Å². The summed E-state index contributed by atoms with van der Waals surface area (Å²) in [7, 11) is -4.03. The predicted molar refractivity (Wildman–Crippen MR) is 69.2 cm³/mol. The lowest BCUT2D eigenvalue weighted by Gasteiger charge is -2.25. The number of nitrogens with one attached hydrogen (secondary N) is 1. The van der Waals surface area contributed by atoms with Gasteiger partial charge in [0, 0.05) is 19.6 Å². The maximum atomic E-state index is 12.1. The van der Waals surface area contributed by atoms with Crippen molar-refractivity contribution in [1.82, 2.24) is 9.71 Å². The van der Waals surface area contributed by atoms with Gasteiger partial charge in [0.15, 0.2) is 9.90 Å². The number of rotatable bonds is 5. The summed E-state index contributed by atoms with van der Waals surface area (Å²) in [6.07, 6.45) is -0.184. The summed E-state index contributed by atoms with van der Waals surface area (Å²) in [5.41, 5.74) is -0.667. The molecule has 1 aliphatic rings. The van der Waals surface area contributed by atoms with Gasteiger partial charge in [-0.15, -0.1) is 11.3 Å². The van der Waals surface area contributed by atoms with E-state index >= 15 is 0 Å².